The van der Waals surface area contributed by atoms with Crippen molar-refractivity contribution in [1.82, 2.24) is 15.1 Å². The van der Waals surface area contributed by atoms with Crippen molar-refractivity contribution in [3.63, 3.8) is 0 Å². The van der Waals surface area contributed by atoms with E-state index in [9.17, 15) is 19.5 Å². The average molecular weight is 424 g/mol. The first-order chi connectivity index (χ1) is 13.7. The van der Waals surface area contributed by atoms with Crippen molar-refractivity contribution in [2.24, 2.45) is 17.3 Å². The minimum absolute atomic E-state index is 0.0231. The van der Waals surface area contributed by atoms with Gasteiger partial charge in [0, 0.05) is 12.6 Å². The summed E-state index contributed by atoms with van der Waals surface area (Å²) in [5.41, 5.74) is -0.296. The highest BCUT2D eigenvalue weighted by Gasteiger charge is 2.39. The molecular formula is C23H41N3O4. The van der Waals surface area contributed by atoms with Crippen molar-refractivity contribution in [3.05, 3.63) is 11.6 Å². The number of aliphatic carboxylic acids is 1. The number of rotatable bonds is 7. The molecular weight excluding hydrogens is 382 g/mol. The minimum atomic E-state index is -1.00. The third kappa shape index (κ3) is 6.83. The number of nitrogens with zero attached hydrogens (tertiary/aromatic N) is 2. The summed E-state index contributed by atoms with van der Waals surface area (Å²) in [5.74, 6) is -0.844. The third-order valence-corrected chi connectivity index (χ3v) is 6.07. The topological polar surface area (TPSA) is 90.0 Å². The zero-order valence-corrected chi connectivity index (χ0v) is 20.2. The first-order valence-electron chi connectivity index (χ1n) is 10.9. The number of hydrogen-bond donors (Lipinski definition) is 2. The van der Waals surface area contributed by atoms with Crippen LogP contribution in [0.1, 0.15) is 61.3 Å². The van der Waals surface area contributed by atoms with Gasteiger partial charge in [0.25, 0.3) is 0 Å². The predicted octanol–water partition coefficient (Wildman–Crippen LogP) is 2.76. The van der Waals surface area contributed by atoms with Gasteiger partial charge in [-0.2, -0.15) is 0 Å². The Balaban J connectivity index is 3.12. The SMILES string of the molecule is CC(=C[C@H](C(C)C)N(C)C(=O)[C@@H](NC(=O)[C@@H]1C[C@@H](C)CCN1C)C(C)(C)C)C(=O)O. The van der Waals surface area contributed by atoms with Crippen LogP contribution in [0.2, 0.25) is 0 Å². The summed E-state index contributed by atoms with van der Waals surface area (Å²) < 4.78 is 0. The number of piperidine rings is 1. The Bertz CT molecular complexity index is 666. The lowest BCUT2D eigenvalue weighted by Crippen LogP contribution is -2.60. The normalized spacial score (nSPS) is 23.1. The summed E-state index contributed by atoms with van der Waals surface area (Å²) in [6, 6.07) is -1.33. The molecule has 2 N–H and O–H groups in total. The number of carboxylic acids is 1. The molecule has 0 radical (unpaired) electrons. The number of carbonyl (C=O) groups is 3. The highest BCUT2D eigenvalue weighted by molar-refractivity contribution is 5.91. The molecule has 0 aromatic heterocycles. The van der Waals surface area contributed by atoms with Crippen LogP contribution in [-0.4, -0.2) is 71.5 Å². The fourth-order valence-corrected chi connectivity index (χ4v) is 3.88. The molecule has 1 aliphatic heterocycles. The standard InChI is InChI=1S/C23H41N3O4/c1-14(2)17(13-16(4)22(29)30)26(9)21(28)19(23(5,6)7)24-20(27)18-12-15(3)10-11-25(18)8/h13-15,17-19H,10-12H2,1-9H3,(H,24,27)(H,29,30)/t15-,17+,18-,19+/m0/s1. The van der Waals surface area contributed by atoms with Gasteiger partial charge in [-0.15, -0.1) is 0 Å². The Labute approximate surface area is 181 Å². The van der Waals surface area contributed by atoms with E-state index in [1.807, 2.05) is 41.7 Å². The molecule has 0 bridgehead atoms. The Morgan fingerprint density at radius 1 is 1.23 bits per heavy atom. The van der Waals surface area contributed by atoms with Crippen LogP contribution in [0, 0.1) is 17.3 Å². The molecule has 1 heterocycles. The highest BCUT2D eigenvalue weighted by Crippen LogP contribution is 2.26. The lowest BCUT2D eigenvalue weighted by atomic mass is 9.84. The molecule has 0 aromatic carbocycles. The van der Waals surface area contributed by atoms with E-state index in [0.29, 0.717) is 5.92 Å². The molecule has 2 amide bonds. The molecule has 7 heteroatoms. The van der Waals surface area contributed by atoms with Crippen molar-refractivity contribution < 1.29 is 19.5 Å². The maximum atomic E-state index is 13.5. The minimum Gasteiger partial charge on any atom is -0.478 e. The van der Waals surface area contributed by atoms with E-state index in [-0.39, 0.29) is 35.4 Å². The molecule has 0 spiro atoms. The van der Waals surface area contributed by atoms with Crippen molar-refractivity contribution in [3.8, 4) is 0 Å². The molecule has 30 heavy (non-hydrogen) atoms. The Morgan fingerprint density at radius 2 is 1.80 bits per heavy atom. The summed E-state index contributed by atoms with van der Waals surface area (Å²) in [6.45, 7) is 14.2. The summed E-state index contributed by atoms with van der Waals surface area (Å²) in [6.07, 6.45) is 3.46. The lowest BCUT2D eigenvalue weighted by molar-refractivity contribution is -0.141. The second kappa shape index (κ2) is 10.4. The van der Waals surface area contributed by atoms with Crippen LogP contribution in [0.25, 0.3) is 0 Å². The molecule has 0 saturated carbocycles. The maximum Gasteiger partial charge on any atom is 0.331 e. The monoisotopic (exact) mass is 423 g/mol. The number of nitrogens with one attached hydrogen (secondary N) is 1. The molecule has 1 fully saturated rings. The van der Waals surface area contributed by atoms with Crippen LogP contribution in [0.15, 0.2) is 11.6 Å². The van der Waals surface area contributed by atoms with Gasteiger partial charge in [-0.25, -0.2) is 4.79 Å². The van der Waals surface area contributed by atoms with E-state index >= 15 is 0 Å². The number of likely N-dealkylation sites (N-methyl/N-ethyl adjacent to an activating group) is 2. The number of likely N-dealkylation sites (tertiary alicyclic amines) is 1. The Morgan fingerprint density at radius 3 is 2.27 bits per heavy atom. The largest absolute Gasteiger partial charge is 0.478 e. The van der Waals surface area contributed by atoms with Crippen molar-refractivity contribution in [2.75, 3.05) is 20.6 Å². The van der Waals surface area contributed by atoms with E-state index in [1.165, 1.54) is 6.92 Å². The van der Waals surface area contributed by atoms with Crippen LogP contribution in [0.4, 0.5) is 0 Å². The Kier molecular flexibility index (Phi) is 9.08. The van der Waals surface area contributed by atoms with E-state index in [1.54, 1.807) is 18.0 Å². The van der Waals surface area contributed by atoms with Crippen molar-refractivity contribution in [2.45, 2.75) is 79.4 Å². The van der Waals surface area contributed by atoms with Crippen molar-refractivity contribution >= 4 is 17.8 Å². The molecule has 1 saturated heterocycles. The number of carboxylic acid groups (broad SMARTS) is 1. The van der Waals surface area contributed by atoms with E-state index < -0.39 is 17.4 Å². The number of carbonyl (C=O) groups excluding carboxylic acids is 2. The summed E-state index contributed by atoms with van der Waals surface area (Å²) in [5, 5.41) is 12.3. The van der Waals surface area contributed by atoms with Crippen LogP contribution < -0.4 is 5.32 Å². The van der Waals surface area contributed by atoms with Gasteiger partial charge in [-0.3, -0.25) is 14.5 Å². The van der Waals surface area contributed by atoms with E-state index in [0.717, 1.165) is 19.4 Å². The second-order valence-corrected chi connectivity index (χ2v) is 10.3. The molecule has 7 nitrogen and oxygen atoms in total. The zero-order valence-electron chi connectivity index (χ0n) is 20.2. The summed E-state index contributed by atoms with van der Waals surface area (Å²) in [7, 11) is 3.63. The molecule has 172 valence electrons. The van der Waals surface area contributed by atoms with Crippen LogP contribution in [0.5, 0.6) is 0 Å². The first kappa shape index (κ1) is 26.1. The van der Waals surface area contributed by atoms with Gasteiger partial charge in [-0.1, -0.05) is 47.6 Å². The first-order valence-corrected chi connectivity index (χ1v) is 10.9. The third-order valence-electron chi connectivity index (χ3n) is 6.07. The van der Waals surface area contributed by atoms with E-state index in [2.05, 4.69) is 17.1 Å². The molecule has 1 aliphatic rings. The number of hydrogen-bond acceptors (Lipinski definition) is 4. The maximum absolute atomic E-state index is 13.5. The van der Waals surface area contributed by atoms with Gasteiger partial charge in [0.1, 0.15) is 6.04 Å². The lowest BCUT2D eigenvalue weighted by Gasteiger charge is -2.40. The van der Waals surface area contributed by atoms with Crippen LogP contribution in [-0.2, 0) is 14.4 Å². The van der Waals surface area contributed by atoms with Crippen LogP contribution >= 0.6 is 0 Å². The molecule has 1 rings (SSSR count). The summed E-state index contributed by atoms with van der Waals surface area (Å²) in [4.78, 5) is 41.5. The van der Waals surface area contributed by atoms with Gasteiger partial charge in [0.05, 0.1) is 12.1 Å². The predicted molar refractivity (Wildman–Crippen MR) is 119 cm³/mol. The smallest absolute Gasteiger partial charge is 0.331 e. The fourth-order valence-electron chi connectivity index (χ4n) is 3.88. The quantitative estimate of drug-likeness (QED) is 0.615. The van der Waals surface area contributed by atoms with Crippen LogP contribution in [0.3, 0.4) is 0 Å². The average Bonchev–Trinajstić information content (AvgIpc) is 2.63. The molecule has 0 aromatic rings. The van der Waals surface area contributed by atoms with Gasteiger partial charge < -0.3 is 15.3 Å². The van der Waals surface area contributed by atoms with Crippen molar-refractivity contribution in [1.29, 1.82) is 0 Å². The van der Waals surface area contributed by atoms with Gasteiger partial charge in [0.15, 0.2) is 0 Å². The molecule has 4 atom stereocenters. The molecule has 0 aliphatic carbocycles. The fraction of sp³-hybridized carbons (Fsp3) is 0.783. The van der Waals surface area contributed by atoms with Gasteiger partial charge in [0.2, 0.25) is 11.8 Å². The zero-order chi connectivity index (χ0) is 23.4. The highest BCUT2D eigenvalue weighted by atomic mass is 16.4. The van der Waals surface area contributed by atoms with Gasteiger partial charge in [-0.05, 0) is 50.6 Å². The molecule has 0 unspecified atom stereocenters. The Hall–Kier alpha value is -1.89. The van der Waals surface area contributed by atoms with Gasteiger partial charge >= 0.3 is 5.97 Å². The van der Waals surface area contributed by atoms with E-state index in [4.69, 9.17) is 0 Å². The second-order valence-electron chi connectivity index (χ2n) is 10.3. The number of amides is 2. The summed E-state index contributed by atoms with van der Waals surface area (Å²) >= 11 is 0.